The number of nitrogens with one attached hydrogen (secondary N) is 1. The Morgan fingerprint density at radius 3 is 2.71 bits per heavy atom. The maximum atomic E-state index is 12.1. The van der Waals surface area contributed by atoms with Gasteiger partial charge in [-0.25, -0.2) is 17.9 Å². The third-order valence-electron chi connectivity index (χ3n) is 3.06. The molecule has 2 rings (SSSR count). The first-order valence-electron chi connectivity index (χ1n) is 6.09. The zero-order valence-corrected chi connectivity index (χ0v) is 12.3. The van der Waals surface area contributed by atoms with Gasteiger partial charge in [-0.15, -0.1) is 0 Å². The van der Waals surface area contributed by atoms with Crippen LogP contribution in [0.3, 0.4) is 0 Å². The zero-order valence-electron chi connectivity index (χ0n) is 11.5. The number of fused-ring (bicyclic) bond motifs is 1. The number of hydrogen-bond acceptors (Lipinski definition) is 6. The second kappa shape index (κ2) is 5.26. The van der Waals surface area contributed by atoms with E-state index in [0.717, 1.165) is 0 Å². The molecule has 0 saturated carbocycles. The maximum Gasteiger partial charge on any atom is 0.419 e. The first kappa shape index (κ1) is 15.7. The van der Waals surface area contributed by atoms with Gasteiger partial charge >= 0.3 is 5.76 Å². The average Bonchev–Trinajstić information content (AvgIpc) is 2.72. The molecule has 0 amide bonds. The van der Waals surface area contributed by atoms with E-state index < -0.39 is 28.0 Å². The summed E-state index contributed by atoms with van der Waals surface area (Å²) in [5, 5.41) is 18.5. The van der Waals surface area contributed by atoms with Gasteiger partial charge in [0, 0.05) is 19.7 Å². The normalized spacial score (nSPS) is 15.2. The average molecular weight is 316 g/mol. The lowest BCUT2D eigenvalue weighted by Gasteiger charge is -2.20. The van der Waals surface area contributed by atoms with Crippen LogP contribution in [0.4, 0.5) is 0 Å². The number of aromatic nitrogens is 1. The summed E-state index contributed by atoms with van der Waals surface area (Å²) in [4.78, 5) is 11.3. The molecule has 1 unspecified atom stereocenters. The number of nitrogens with zero attached hydrogens (tertiary/aromatic N) is 1. The summed E-state index contributed by atoms with van der Waals surface area (Å²) in [6.07, 6.45) is 0. The smallest absolute Gasteiger partial charge is 0.408 e. The number of aliphatic hydroxyl groups is 2. The van der Waals surface area contributed by atoms with Gasteiger partial charge < -0.3 is 14.6 Å². The minimum absolute atomic E-state index is 0.0990. The zero-order chi connectivity index (χ0) is 15.8. The Balaban J connectivity index is 2.34. The van der Waals surface area contributed by atoms with E-state index in [9.17, 15) is 18.3 Å². The Labute approximate surface area is 120 Å². The molecule has 0 aliphatic rings. The second-order valence-electron chi connectivity index (χ2n) is 5.04. The van der Waals surface area contributed by atoms with Gasteiger partial charge in [0.1, 0.15) is 0 Å². The third kappa shape index (κ3) is 3.16. The molecule has 9 heteroatoms. The quantitative estimate of drug-likeness (QED) is 0.661. The lowest BCUT2D eigenvalue weighted by atomic mass is 10.1. The predicted molar refractivity (Wildman–Crippen MR) is 74.4 cm³/mol. The summed E-state index contributed by atoms with van der Waals surface area (Å²) < 4.78 is 32.6. The molecule has 0 fully saturated rings. The van der Waals surface area contributed by atoms with Crippen LogP contribution < -0.4 is 10.5 Å². The highest BCUT2D eigenvalue weighted by Gasteiger charge is 2.24. The standard InChI is InChI=1S/C12H16N2O6S/c1-12(17,7-15)6-13-21(18,19)8-3-4-9-10(5-8)20-11(16)14(9)2/h3-5,13,15,17H,6-7H2,1-2H3. The van der Waals surface area contributed by atoms with Crippen molar-refractivity contribution in [2.24, 2.45) is 7.05 Å². The topological polar surface area (TPSA) is 122 Å². The van der Waals surface area contributed by atoms with Crippen molar-refractivity contribution >= 4 is 21.1 Å². The van der Waals surface area contributed by atoms with Crippen LogP contribution in [0, 0.1) is 0 Å². The van der Waals surface area contributed by atoms with Crippen molar-refractivity contribution in [3.05, 3.63) is 28.7 Å². The summed E-state index contributed by atoms with van der Waals surface area (Å²) >= 11 is 0. The minimum atomic E-state index is -3.89. The monoisotopic (exact) mass is 316 g/mol. The van der Waals surface area contributed by atoms with Gasteiger partial charge in [0.15, 0.2) is 5.58 Å². The Morgan fingerprint density at radius 1 is 1.43 bits per heavy atom. The number of aliphatic hydroxyl groups excluding tert-OH is 1. The fraction of sp³-hybridized carbons (Fsp3) is 0.417. The highest BCUT2D eigenvalue weighted by molar-refractivity contribution is 7.89. The van der Waals surface area contributed by atoms with Crippen LogP contribution in [0.15, 0.2) is 32.3 Å². The largest absolute Gasteiger partial charge is 0.419 e. The van der Waals surface area contributed by atoms with E-state index in [-0.39, 0.29) is 17.0 Å². The van der Waals surface area contributed by atoms with Gasteiger partial charge in [0.05, 0.1) is 22.6 Å². The fourth-order valence-corrected chi connectivity index (χ4v) is 2.85. The Bertz CT molecular complexity index is 818. The summed E-state index contributed by atoms with van der Waals surface area (Å²) in [7, 11) is -2.38. The van der Waals surface area contributed by atoms with Crippen molar-refractivity contribution in [2.75, 3.05) is 13.2 Å². The molecular formula is C12H16N2O6S. The summed E-state index contributed by atoms with van der Waals surface area (Å²) in [5.41, 5.74) is -0.933. The molecular weight excluding hydrogens is 300 g/mol. The molecule has 0 spiro atoms. The van der Waals surface area contributed by atoms with Gasteiger partial charge in [-0.1, -0.05) is 0 Å². The van der Waals surface area contributed by atoms with Gasteiger partial charge in [-0.2, -0.15) is 0 Å². The number of sulfonamides is 1. The van der Waals surface area contributed by atoms with E-state index in [0.29, 0.717) is 5.52 Å². The van der Waals surface area contributed by atoms with Crippen LogP contribution >= 0.6 is 0 Å². The van der Waals surface area contributed by atoms with Crippen LogP contribution in [-0.2, 0) is 17.1 Å². The van der Waals surface area contributed by atoms with E-state index in [1.165, 1.54) is 36.7 Å². The van der Waals surface area contributed by atoms with Crippen LogP contribution in [0.1, 0.15) is 6.92 Å². The molecule has 0 saturated heterocycles. The van der Waals surface area contributed by atoms with Gasteiger partial charge in [-0.05, 0) is 19.1 Å². The van der Waals surface area contributed by atoms with Gasteiger partial charge in [-0.3, -0.25) is 4.57 Å². The molecule has 3 N–H and O–H groups in total. The summed E-state index contributed by atoms with van der Waals surface area (Å²) in [6.45, 7) is 0.375. The molecule has 21 heavy (non-hydrogen) atoms. The Hall–Kier alpha value is -1.68. The van der Waals surface area contributed by atoms with Crippen molar-refractivity contribution in [2.45, 2.75) is 17.4 Å². The number of oxazole rings is 1. The Kier molecular flexibility index (Phi) is 3.93. The molecule has 1 atom stereocenters. The van der Waals surface area contributed by atoms with Crippen LogP contribution in [0.25, 0.3) is 11.1 Å². The SMILES string of the molecule is Cn1c(=O)oc2cc(S(=O)(=O)NCC(C)(O)CO)ccc21. The fourth-order valence-electron chi connectivity index (χ4n) is 1.67. The minimum Gasteiger partial charge on any atom is -0.408 e. The Morgan fingerprint density at radius 2 is 2.10 bits per heavy atom. The van der Waals surface area contributed by atoms with E-state index >= 15 is 0 Å². The first-order valence-corrected chi connectivity index (χ1v) is 7.57. The summed E-state index contributed by atoms with van der Waals surface area (Å²) in [6, 6.07) is 4.01. The van der Waals surface area contributed by atoms with E-state index in [1.807, 2.05) is 0 Å². The van der Waals surface area contributed by atoms with E-state index in [1.54, 1.807) is 0 Å². The highest BCUT2D eigenvalue weighted by Crippen LogP contribution is 2.18. The van der Waals surface area contributed by atoms with Crippen molar-refractivity contribution in [3.63, 3.8) is 0 Å². The lowest BCUT2D eigenvalue weighted by molar-refractivity contribution is 0.00681. The van der Waals surface area contributed by atoms with Crippen LogP contribution in [0.5, 0.6) is 0 Å². The number of hydrogen-bond donors (Lipinski definition) is 3. The molecule has 0 bridgehead atoms. The molecule has 0 radical (unpaired) electrons. The number of rotatable bonds is 5. The maximum absolute atomic E-state index is 12.1. The van der Waals surface area contributed by atoms with Crippen molar-refractivity contribution in [1.82, 2.24) is 9.29 Å². The molecule has 1 aromatic carbocycles. The molecule has 8 nitrogen and oxygen atoms in total. The predicted octanol–water partition coefficient (Wildman–Crippen LogP) is -0.847. The first-order chi connectivity index (χ1) is 9.66. The molecule has 1 heterocycles. The van der Waals surface area contributed by atoms with E-state index in [2.05, 4.69) is 4.72 Å². The molecule has 116 valence electrons. The van der Waals surface area contributed by atoms with Crippen LogP contribution in [0.2, 0.25) is 0 Å². The number of benzene rings is 1. The second-order valence-corrected chi connectivity index (χ2v) is 6.80. The van der Waals surface area contributed by atoms with Crippen LogP contribution in [-0.4, -0.2) is 42.0 Å². The molecule has 0 aliphatic carbocycles. The molecule has 1 aromatic heterocycles. The molecule has 2 aromatic rings. The lowest BCUT2D eigenvalue weighted by Crippen LogP contribution is -2.43. The van der Waals surface area contributed by atoms with Gasteiger partial charge in [0.2, 0.25) is 10.0 Å². The van der Waals surface area contributed by atoms with Crippen molar-refractivity contribution < 1.29 is 23.0 Å². The number of aryl methyl sites for hydroxylation is 1. The van der Waals surface area contributed by atoms with Crippen molar-refractivity contribution in [3.8, 4) is 0 Å². The molecule has 0 aliphatic heterocycles. The third-order valence-corrected chi connectivity index (χ3v) is 4.46. The van der Waals surface area contributed by atoms with Crippen molar-refractivity contribution in [1.29, 1.82) is 0 Å². The summed E-state index contributed by atoms with van der Waals surface area (Å²) in [5.74, 6) is -0.587. The van der Waals surface area contributed by atoms with E-state index in [4.69, 9.17) is 9.52 Å². The van der Waals surface area contributed by atoms with Gasteiger partial charge in [0.25, 0.3) is 0 Å². The highest BCUT2D eigenvalue weighted by atomic mass is 32.2.